The monoisotopic (exact) mass is 604 g/mol. The molecule has 0 atom stereocenters. The minimum absolute atomic E-state index is 0. The Bertz CT molecular complexity index is 888. The summed E-state index contributed by atoms with van der Waals surface area (Å²) in [6.45, 7) is 3.16. The van der Waals surface area contributed by atoms with Crippen molar-refractivity contribution in [1.29, 1.82) is 0 Å². The molecule has 0 aliphatic carbocycles. The van der Waals surface area contributed by atoms with E-state index in [0.29, 0.717) is 24.2 Å². The van der Waals surface area contributed by atoms with Crippen molar-refractivity contribution in [2.45, 2.75) is 19.8 Å². The van der Waals surface area contributed by atoms with Gasteiger partial charge in [-0.3, -0.25) is 20.0 Å². The molecule has 0 aliphatic heterocycles. The topological polar surface area (TPSA) is 73.6 Å². The van der Waals surface area contributed by atoms with E-state index in [1.54, 1.807) is 24.8 Å². The molecular weight excluding hydrogens is 585 g/mol. The number of rotatable bonds is 8. The molecule has 3 rings (SSSR count). The van der Waals surface area contributed by atoms with Gasteiger partial charge in [-0.25, -0.2) is 0 Å². The van der Waals surface area contributed by atoms with Crippen LogP contribution in [0.5, 0.6) is 5.75 Å². The van der Waals surface area contributed by atoms with E-state index in [1.165, 1.54) is 0 Å². The predicted molar refractivity (Wildman–Crippen MR) is 111 cm³/mol. The van der Waals surface area contributed by atoms with Crippen LogP contribution in [-0.4, -0.2) is 35.5 Å². The van der Waals surface area contributed by atoms with Gasteiger partial charge in [0.15, 0.2) is 0 Å². The van der Waals surface area contributed by atoms with Gasteiger partial charge in [0.2, 0.25) is 0 Å². The molecule has 3 aromatic rings. The van der Waals surface area contributed by atoms with Gasteiger partial charge in [0, 0.05) is 62.1 Å². The van der Waals surface area contributed by atoms with Gasteiger partial charge in [-0.2, -0.15) is 0 Å². The standard InChI is InChI=1S/C23H24N4O.3ClH.2Zn/c1-18-14-19(16-24-12-8-21-6-2-4-10-26-21)23(28)20(15-18)17-25-13-9-22-7-3-5-11-27-22;;;;;/h2-7,10-11,14-17,28H,8-9,12-13H2,1H3;3*1H;;/q;;;;2*+2/p-4. The number of halogens is 3. The molecule has 0 radical (unpaired) electrons. The number of aliphatic imine (C=N–C) groups is 2. The molecule has 1 aromatic carbocycles. The van der Waals surface area contributed by atoms with E-state index in [2.05, 4.69) is 20.0 Å². The molecular formula is C23H23Cl3N4OZn2. The van der Waals surface area contributed by atoms with E-state index >= 15 is 0 Å². The average Bonchev–Trinajstić information content (AvgIpc) is 2.73. The summed E-state index contributed by atoms with van der Waals surface area (Å²) >= 11 is 0. The van der Waals surface area contributed by atoms with Crippen molar-refractivity contribution >= 4 is 12.4 Å². The fraction of sp³-hybridized carbons (Fsp3) is 0.217. The molecule has 33 heavy (non-hydrogen) atoms. The van der Waals surface area contributed by atoms with Crippen molar-refractivity contribution in [2.24, 2.45) is 9.98 Å². The second-order valence-corrected chi connectivity index (χ2v) is 6.49. The van der Waals surface area contributed by atoms with E-state index in [4.69, 9.17) is 0 Å². The van der Waals surface area contributed by atoms with Crippen LogP contribution in [0, 0.1) is 6.92 Å². The van der Waals surface area contributed by atoms with Gasteiger partial charge < -0.3 is 42.3 Å². The van der Waals surface area contributed by atoms with Crippen molar-refractivity contribution in [1.82, 2.24) is 9.97 Å². The molecule has 2 aromatic heterocycles. The van der Waals surface area contributed by atoms with Gasteiger partial charge in [0.1, 0.15) is 0 Å². The van der Waals surface area contributed by atoms with Crippen LogP contribution < -0.4 is 42.3 Å². The summed E-state index contributed by atoms with van der Waals surface area (Å²) in [5, 5.41) is 12.6. The zero-order valence-electron chi connectivity index (χ0n) is 18.5. The van der Waals surface area contributed by atoms with Crippen molar-refractivity contribution < 1.29 is 81.3 Å². The molecule has 0 aliphatic rings. The third-order valence-electron chi connectivity index (χ3n) is 4.20. The summed E-state index contributed by atoms with van der Waals surface area (Å²) in [6.07, 6.45) is 8.36. The quantitative estimate of drug-likeness (QED) is 0.189. The first-order valence-corrected chi connectivity index (χ1v) is 9.33. The number of pyridine rings is 2. The summed E-state index contributed by atoms with van der Waals surface area (Å²) in [5.74, 6) is -0.0474. The van der Waals surface area contributed by atoms with Gasteiger partial charge in [0.25, 0.3) is 0 Å². The maximum atomic E-state index is 12.6. The minimum atomic E-state index is -0.0474. The van der Waals surface area contributed by atoms with Crippen LogP contribution in [0.2, 0.25) is 0 Å². The van der Waals surface area contributed by atoms with E-state index < -0.39 is 0 Å². The second kappa shape index (κ2) is 20.2. The molecule has 0 fully saturated rings. The van der Waals surface area contributed by atoms with E-state index in [9.17, 15) is 5.11 Å². The zero-order chi connectivity index (χ0) is 19.6. The van der Waals surface area contributed by atoms with Crippen LogP contribution in [0.15, 0.2) is 70.9 Å². The fourth-order valence-electron chi connectivity index (χ4n) is 2.80. The Balaban J connectivity index is -0.00000180. The van der Waals surface area contributed by atoms with E-state index in [0.717, 1.165) is 29.8 Å². The van der Waals surface area contributed by atoms with E-state index in [1.807, 2.05) is 55.5 Å². The molecule has 0 unspecified atom stereocenters. The third-order valence-corrected chi connectivity index (χ3v) is 4.20. The number of aryl methyl sites for hydroxylation is 1. The largest absolute Gasteiger partial charge is 2.00 e. The van der Waals surface area contributed by atoms with Crippen molar-refractivity contribution in [3.8, 4) is 5.75 Å². The smallest absolute Gasteiger partial charge is 1.00 e. The van der Waals surface area contributed by atoms with Crippen LogP contribution in [0.3, 0.4) is 0 Å². The SMILES string of the molecule is Cc1cc(C=NCCc2ccccn2)c([O-])c(C=NCCc2ccccn2)c1.[Cl-].[Cl-].[Cl-].[Zn+2].[Zn+2]. The van der Waals surface area contributed by atoms with Crippen LogP contribution >= 0.6 is 0 Å². The number of benzene rings is 1. The number of aromatic nitrogens is 2. The fourth-order valence-corrected chi connectivity index (χ4v) is 2.80. The first-order valence-electron chi connectivity index (χ1n) is 9.33. The molecule has 0 spiro atoms. The van der Waals surface area contributed by atoms with Gasteiger partial charge in [0.05, 0.1) is 0 Å². The maximum Gasteiger partial charge on any atom is 2.00 e. The Kier molecular flexibility index (Phi) is 22.2. The zero-order valence-corrected chi connectivity index (χ0v) is 26.7. The average molecular weight is 609 g/mol. The van der Waals surface area contributed by atoms with Crippen molar-refractivity contribution in [2.75, 3.05) is 13.1 Å². The molecule has 0 saturated carbocycles. The summed E-state index contributed by atoms with van der Waals surface area (Å²) < 4.78 is 0. The van der Waals surface area contributed by atoms with Crippen LogP contribution in [0.1, 0.15) is 28.1 Å². The Morgan fingerprint density at radius 3 is 1.55 bits per heavy atom. The summed E-state index contributed by atoms with van der Waals surface area (Å²) in [5.41, 5.74) is 4.18. The Hall–Kier alpha value is -1.22. The Morgan fingerprint density at radius 2 is 1.18 bits per heavy atom. The summed E-state index contributed by atoms with van der Waals surface area (Å²) in [4.78, 5) is 17.3. The van der Waals surface area contributed by atoms with Crippen LogP contribution in [0.4, 0.5) is 0 Å². The van der Waals surface area contributed by atoms with Crippen molar-refractivity contribution in [3.05, 3.63) is 89.0 Å². The first-order chi connectivity index (χ1) is 13.7. The minimum Gasteiger partial charge on any atom is -1.00 e. The molecule has 0 amide bonds. The molecule has 5 nitrogen and oxygen atoms in total. The maximum absolute atomic E-state index is 12.6. The number of hydrogen-bond acceptors (Lipinski definition) is 5. The summed E-state index contributed by atoms with van der Waals surface area (Å²) in [7, 11) is 0. The number of nitrogens with zero attached hydrogens (tertiary/aromatic N) is 4. The summed E-state index contributed by atoms with van der Waals surface area (Å²) in [6, 6.07) is 15.4. The number of hydrogen-bond donors (Lipinski definition) is 0. The van der Waals surface area contributed by atoms with Gasteiger partial charge in [-0.1, -0.05) is 30.0 Å². The van der Waals surface area contributed by atoms with E-state index in [-0.39, 0.29) is 81.9 Å². The van der Waals surface area contributed by atoms with Crippen LogP contribution in [0.25, 0.3) is 0 Å². The van der Waals surface area contributed by atoms with Crippen LogP contribution in [-0.2, 0) is 51.8 Å². The Labute approximate surface area is 239 Å². The van der Waals surface area contributed by atoms with Crippen molar-refractivity contribution in [3.63, 3.8) is 0 Å². The van der Waals surface area contributed by atoms with Gasteiger partial charge in [-0.05, 0) is 47.9 Å². The molecule has 0 N–H and O–H groups in total. The third kappa shape index (κ3) is 12.7. The predicted octanol–water partition coefficient (Wildman–Crippen LogP) is -5.81. The second-order valence-electron chi connectivity index (χ2n) is 6.49. The van der Waals surface area contributed by atoms with Gasteiger partial charge >= 0.3 is 39.0 Å². The molecule has 2 heterocycles. The normalized spacial score (nSPS) is 9.73. The molecule has 10 heteroatoms. The molecule has 166 valence electrons. The first kappa shape index (κ1) is 36.3. The Morgan fingerprint density at radius 1 is 0.758 bits per heavy atom. The van der Waals surface area contributed by atoms with Gasteiger partial charge in [-0.15, -0.1) is 0 Å². The molecule has 0 saturated heterocycles. The molecule has 0 bridgehead atoms.